The van der Waals surface area contributed by atoms with Gasteiger partial charge in [-0.05, 0) is 71.5 Å². The van der Waals surface area contributed by atoms with Gasteiger partial charge in [-0.15, -0.1) is 11.3 Å². The third-order valence-corrected chi connectivity index (χ3v) is 6.75. The van der Waals surface area contributed by atoms with Crippen LogP contribution in [0, 0.1) is 6.92 Å². The quantitative estimate of drug-likeness (QED) is 0.300. The van der Waals surface area contributed by atoms with Crippen molar-refractivity contribution < 1.29 is 9.53 Å². The molecule has 1 aliphatic carbocycles. The summed E-state index contributed by atoms with van der Waals surface area (Å²) in [6.45, 7) is 2.07. The fourth-order valence-electron chi connectivity index (χ4n) is 4.02. The molecule has 0 aliphatic heterocycles. The Bertz CT molecular complexity index is 1290. The predicted molar refractivity (Wildman–Crippen MR) is 128 cm³/mol. The van der Waals surface area contributed by atoms with E-state index in [4.69, 9.17) is 16.3 Å². The standard InChI is InChI=1S/C27H19ClO2S/c1-17-14-15-31-24(17)16-22-25(18-6-3-2-4-7-18)21-8-5-9-23(26(21)27(22)29)30-20-12-10-19(28)11-13-20/h2-16,25H,1H3/b22-16-/t25-/m0/s1. The van der Waals surface area contributed by atoms with Crippen molar-refractivity contribution in [1.29, 1.82) is 0 Å². The Kier molecular flexibility index (Phi) is 5.23. The predicted octanol–water partition coefficient (Wildman–Crippen LogP) is 7.91. The number of aryl methyl sites for hydroxylation is 1. The Labute approximate surface area is 190 Å². The Morgan fingerprint density at radius 1 is 0.935 bits per heavy atom. The van der Waals surface area contributed by atoms with Crippen LogP contribution in [0.5, 0.6) is 11.5 Å². The summed E-state index contributed by atoms with van der Waals surface area (Å²) in [4.78, 5) is 14.8. The first-order valence-corrected chi connectivity index (χ1v) is 11.3. The number of carbonyl (C=O) groups excluding carboxylic acids is 1. The van der Waals surface area contributed by atoms with Crippen LogP contribution >= 0.6 is 22.9 Å². The molecule has 0 N–H and O–H groups in total. The highest BCUT2D eigenvalue weighted by molar-refractivity contribution is 7.11. The molecule has 0 amide bonds. The van der Waals surface area contributed by atoms with Gasteiger partial charge in [-0.2, -0.15) is 0 Å². The SMILES string of the molecule is Cc1ccsc1/C=C1\C(=O)c2c(Oc3ccc(Cl)cc3)cccc2[C@@H]1c1ccccc1. The number of rotatable bonds is 4. The fraction of sp³-hybridized carbons (Fsp3) is 0.0741. The normalized spacial score (nSPS) is 16.5. The molecule has 1 atom stereocenters. The number of benzene rings is 3. The van der Waals surface area contributed by atoms with Crippen molar-refractivity contribution in [2.45, 2.75) is 12.8 Å². The number of hydrogen-bond acceptors (Lipinski definition) is 3. The van der Waals surface area contributed by atoms with E-state index in [0.29, 0.717) is 22.1 Å². The molecule has 1 aliphatic rings. The minimum absolute atomic E-state index is 0.0150. The van der Waals surface area contributed by atoms with Crippen LogP contribution in [0.3, 0.4) is 0 Å². The van der Waals surface area contributed by atoms with Crippen molar-refractivity contribution in [2.24, 2.45) is 0 Å². The highest BCUT2D eigenvalue weighted by Gasteiger charge is 2.38. The van der Waals surface area contributed by atoms with E-state index in [9.17, 15) is 4.79 Å². The highest BCUT2D eigenvalue weighted by atomic mass is 35.5. The molecule has 0 saturated carbocycles. The lowest BCUT2D eigenvalue weighted by atomic mass is 9.89. The highest BCUT2D eigenvalue weighted by Crippen LogP contribution is 2.47. The largest absolute Gasteiger partial charge is 0.457 e. The maximum Gasteiger partial charge on any atom is 0.194 e. The Balaban J connectivity index is 1.66. The molecule has 3 aromatic carbocycles. The Morgan fingerprint density at radius 3 is 2.42 bits per heavy atom. The summed E-state index contributed by atoms with van der Waals surface area (Å²) < 4.78 is 6.13. The van der Waals surface area contributed by atoms with E-state index in [1.165, 1.54) is 5.56 Å². The Hall–Kier alpha value is -3.14. The summed E-state index contributed by atoms with van der Waals surface area (Å²) in [5.41, 5.74) is 4.65. The van der Waals surface area contributed by atoms with Gasteiger partial charge in [-0.25, -0.2) is 0 Å². The average molecular weight is 443 g/mol. The number of carbonyl (C=O) groups is 1. The van der Waals surface area contributed by atoms with Crippen LogP contribution in [0.4, 0.5) is 0 Å². The maximum atomic E-state index is 13.7. The van der Waals surface area contributed by atoms with E-state index in [0.717, 1.165) is 21.6 Å². The number of hydrogen-bond donors (Lipinski definition) is 0. The molecule has 4 aromatic rings. The van der Waals surface area contributed by atoms with Crippen LogP contribution in [-0.4, -0.2) is 5.78 Å². The van der Waals surface area contributed by atoms with Crippen molar-refractivity contribution in [2.75, 3.05) is 0 Å². The summed E-state index contributed by atoms with van der Waals surface area (Å²) in [6, 6.07) is 25.3. The molecule has 0 radical (unpaired) electrons. The van der Waals surface area contributed by atoms with Crippen LogP contribution in [0.25, 0.3) is 6.08 Å². The number of ether oxygens (including phenoxy) is 1. The molecule has 0 unspecified atom stereocenters. The van der Waals surface area contributed by atoms with Gasteiger partial charge in [-0.1, -0.05) is 54.1 Å². The van der Waals surface area contributed by atoms with Gasteiger partial charge in [0.25, 0.3) is 0 Å². The van der Waals surface area contributed by atoms with E-state index in [2.05, 4.69) is 30.5 Å². The molecule has 0 spiro atoms. The summed E-state index contributed by atoms with van der Waals surface area (Å²) >= 11 is 7.65. The van der Waals surface area contributed by atoms with Crippen molar-refractivity contribution in [3.8, 4) is 11.5 Å². The summed E-state index contributed by atoms with van der Waals surface area (Å²) in [7, 11) is 0. The van der Waals surface area contributed by atoms with Crippen molar-refractivity contribution in [3.05, 3.63) is 122 Å². The van der Waals surface area contributed by atoms with Crippen molar-refractivity contribution in [1.82, 2.24) is 0 Å². The second kappa shape index (κ2) is 8.18. The van der Waals surface area contributed by atoms with Gasteiger partial charge in [0.1, 0.15) is 11.5 Å². The van der Waals surface area contributed by atoms with Crippen LogP contribution in [0.2, 0.25) is 5.02 Å². The lowest BCUT2D eigenvalue weighted by Gasteiger charge is -2.14. The van der Waals surface area contributed by atoms with Crippen LogP contribution in [0.15, 0.2) is 89.8 Å². The van der Waals surface area contributed by atoms with E-state index < -0.39 is 0 Å². The molecular weight excluding hydrogens is 424 g/mol. The molecule has 0 saturated heterocycles. The molecule has 152 valence electrons. The fourth-order valence-corrected chi connectivity index (χ4v) is 5.01. The number of fused-ring (bicyclic) bond motifs is 1. The topological polar surface area (TPSA) is 26.3 Å². The molecule has 1 heterocycles. The van der Waals surface area contributed by atoms with Gasteiger partial charge >= 0.3 is 0 Å². The molecule has 31 heavy (non-hydrogen) atoms. The lowest BCUT2D eigenvalue weighted by molar-refractivity contribution is 0.103. The van der Waals surface area contributed by atoms with Gasteiger partial charge in [0.05, 0.1) is 5.56 Å². The molecule has 1 aromatic heterocycles. The average Bonchev–Trinajstić information content (AvgIpc) is 3.32. The van der Waals surface area contributed by atoms with Crippen LogP contribution in [0.1, 0.15) is 37.8 Å². The van der Waals surface area contributed by atoms with Crippen LogP contribution in [-0.2, 0) is 0 Å². The molecule has 0 fully saturated rings. The monoisotopic (exact) mass is 442 g/mol. The van der Waals surface area contributed by atoms with Gasteiger partial charge in [-0.3, -0.25) is 4.79 Å². The smallest absolute Gasteiger partial charge is 0.194 e. The van der Waals surface area contributed by atoms with Gasteiger partial charge in [0.15, 0.2) is 5.78 Å². The van der Waals surface area contributed by atoms with Crippen molar-refractivity contribution in [3.63, 3.8) is 0 Å². The Morgan fingerprint density at radius 2 is 1.71 bits per heavy atom. The lowest BCUT2D eigenvalue weighted by Crippen LogP contribution is -2.02. The van der Waals surface area contributed by atoms with E-state index in [-0.39, 0.29) is 11.7 Å². The molecule has 5 rings (SSSR count). The molecule has 4 heteroatoms. The second-order valence-electron chi connectivity index (χ2n) is 7.52. The second-order valence-corrected chi connectivity index (χ2v) is 8.90. The zero-order valence-electron chi connectivity index (χ0n) is 16.8. The first-order chi connectivity index (χ1) is 15.1. The third-order valence-electron chi connectivity index (χ3n) is 5.53. The number of ketones is 1. The summed E-state index contributed by atoms with van der Waals surface area (Å²) in [5, 5.41) is 2.70. The maximum absolute atomic E-state index is 13.7. The van der Waals surface area contributed by atoms with E-state index in [1.54, 1.807) is 23.5 Å². The third kappa shape index (κ3) is 3.71. The minimum Gasteiger partial charge on any atom is -0.457 e. The van der Waals surface area contributed by atoms with Crippen molar-refractivity contribution >= 4 is 34.8 Å². The zero-order chi connectivity index (χ0) is 21.4. The first kappa shape index (κ1) is 19.8. The number of Topliss-reactive ketones (excluding diaryl/α,β-unsaturated/α-hetero) is 1. The van der Waals surface area contributed by atoms with Gasteiger partial charge < -0.3 is 4.74 Å². The zero-order valence-corrected chi connectivity index (χ0v) is 18.4. The van der Waals surface area contributed by atoms with Gasteiger partial charge in [0.2, 0.25) is 0 Å². The van der Waals surface area contributed by atoms with Gasteiger partial charge in [0, 0.05) is 21.4 Å². The number of halogens is 1. The number of thiophene rings is 1. The molecular formula is C27H19ClO2S. The minimum atomic E-state index is -0.126. The molecule has 0 bridgehead atoms. The molecule has 2 nitrogen and oxygen atoms in total. The van der Waals surface area contributed by atoms with E-state index in [1.807, 2.05) is 54.6 Å². The van der Waals surface area contributed by atoms with E-state index >= 15 is 0 Å². The van der Waals surface area contributed by atoms with Crippen LogP contribution < -0.4 is 4.74 Å². The summed E-state index contributed by atoms with van der Waals surface area (Å²) in [6.07, 6.45) is 2.05. The number of allylic oxidation sites excluding steroid dienone is 1. The first-order valence-electron chi connectivity index (χ1n) is 10.0. The summed E-state index contributed by atoms with van der Waals surface area (Å²) in [5.74, 6) is 1.10.